The van der Waals surface area contributed by atoms with Gasteiger partial charge in [0, 0.05) is 51.5 Å². The quantitative estimate of drug-likeness (QED) is 0.566. The van der Waals surface area contributed by atoms with Crippen molar-refractivity contribution in [3.63, 3.8) is 0 Å². The third-order valence-corrected chi connectivity index (χ3v) is 5.62. The number of carbonyl (C=O) groups excluding carboxylic acids is 3. The van der Waals surface area contributed by atoms with Gasteiger partial charge in [-0.1, -0.05) is 12.2 Å². The average molecular weight is 369 g/mol. The number of hydrogen-bond donors (Lipinski definition) is 0. The van der Waals surface area contributed by atoms with E-state index >= 15 is 0 Å². The van der Waals surface area contributed by atoms with Gasteiger partial charge in [-0.2, -0.15) is 0 Å². The van der Waals surface area contributed by atoms with Crippen LogP contribution in [0.1, 0.15) is 19.3 Å². The zero-order valence-electron chi connectivity index (χ0n) is 15.2. The van der Waals surface area contributed by atoms with E-state index in [0.717, 1.165) is 0 Å². The minimum atomic E-state index is -0.230. The van der Waals surface area contributed by atoms with Crippen LogP contribution in [-0.2, 0) is 14.4 Å². The van der Waals surface area contributed by atoms with Crippen molar-refractivity contribution in [2.75, 3.05) is 37.6 Å². The molecule has 0 unspecified atom stereocenters. The molecule has 0 radical (unpaired) electrons. The first-order valence-corrected chi connectivity index (χ1v) is 9.45. The Hall–Kier alpha value is -2.77. The predicted octanol–water partition coefficient (Wildman–Crippen LogP) is 0.466. The van der Waals surface area contributed by atoms with Crippen molar-refractivity contribution >= 4 is 23.7 Å². The third kappa shape index (κ3) is 3.43. The summed E-state index contributed by atoms with van der Waals surface area (Å²) in [6.45, 7) is 2.72. The lowest BCUT2D eigenvalue weighted by atomic mass is 9.85. The van der Waals surface area contributed by atoms with Crippen LogP contribution in [0.15, 0.2) is 30.6 Å². The van der Waals surface area contributed by atoms with Crippen LogP contribution in [0.2, 0.25) is 0 Å². The van der Waals surface area contributed by atoms with Crippen molar-refractivity contribution in [2.45, 2.75) is 19.3 Å². The fraction of sp³-hybridized carbons (Fsp3) is 0.526. The molecular formula is C19H23N5O3. The number of fused-ring (bicyclic) bond motifs is 1. The van der Waals surface area contributed by atoms with Crippen LogP contribution in [-0.4, -0.2) is 70.2 Å². The molecule has 142 valence electrons. The van der Waals surface area contributed by atoms with Gasteiger partial charge in [0.2, 0.25) is 23.7 Å². The Morgan fingerprint density at radius 3 is 2.15 bits per heavy atom. The summed E-state index contributed by atoms with van der Waals surface area (Å²) in [5, 5.41) is 0. The molecule has 3 heterocycles. The van der Waals surface area contributed by atoms with E-state index in [1.165, 1.54) is 4.90 Å². The van der Waals surface area contributed by atoms with Gasteiger partial charge < -0.3 is 9.80 Å². The lowest BCUT2D eigenvalue weighted by Crippen LogP contribution is -2.50. The Bertz CT molecular complexity index is 732. The van der Waals surface area contributed by atoms with Crippen LogP contribution in [0.5, 0.6) is 0 Å². The Balaban J connectivity index is 1.28. The van der Waals surface area contributed by atoms with E-state index in [1.807, 2.05) is 12.2 Å². The second kappa shape index (κ2) is 7.46. The highest BCUT2D eigenvalue weighted by molar-refractivity contribution is 6.05. The van der Waals surface area contributed by atoms with Crippen molar-refractivity contribution in [2.24, 2.45) is 11.8 Å². The Kier molecular flexibility index (Phi) is 4.87. The van der Waals surface area contributed by atoms with Crippen molar-refractivity contribution in [3.05, 3.63) is 30.6 Å². The highest BCUT2D eigenvalue weighted by atomic mass is 16.2. The molecule has 0 saturated carbocycles. The number of amides is 3. The number of allylic oxidation sites excluding steroid dienone is 2. The van der Waals surface area contributed by atoms with Crippen molar-refractivity contribution in [1.29, 1.82) is 0 Å². The molecule has 8 nitrogen and oxygen atoms in total. The molecule has 4 rings (SSSR count). The van der Waals surface area contributed by atoms with E-state index in [4.69, 9.17) is 0 Å². The molecule has 1 aromatic rings. The van der Waals surface area contributed by atoms with Crippen LogP contribution in [0.4, 0.5) is 5.95 Å². The van der Waals surface area contributed by atoms with E-state index in [-0.39, 0.29) is 42.5 Å². The highest BCUT2D eigenvalue weighted by Crippen LogP contribution is 2.35. The molecule has 1 aliphatic carbocycles. The molecule has 0 bridgehead atoms. The topological polar surface area (TPSA) is 86.7 Å². The van der Waals surface area contributed by atoms with E-state index in [1.54, 1.807) is 23.4 Å². The first-order valence-electron chi connectivity index (χ1n) is 9.45. The van der Waals surface area contributed by atoms with Crippen molar-refractivity contribution < 1.29 is 14.4 Å². The number of hydrogen-bond acceptors (Lipinski definition) is 6. The maximum absolute atomic E-state index is 12.5. The number of nitrogens with zero attached hydrogens (tertiary/aromatic N) is 5. The van der Waals surface area contributed by atoms with Crippen LogP contribution in [0.25, 0.3) is 0 Å². The van der Waals surface area contributed by atoms with Gasteiger partial charge in [0.25, 0.3) is 0 Å². The number of piperazine rings is 1. The monoisotopic (exact) mass is 369 g/mol. The number of imide groups is 1. The minimum Gasteiger partial charge on any atom is -0.339 e. The fourth-order valence-corrected chi connectivity index (χ4v) is 4.07. The number of likely N-dealkylation sites (tertiary alicyclic amines) is 1. The van der Waals surface area contributed by atoms with Gasteiger partial charge in [0.1, 0.15) is 0 Å². The molecule has 2 fully saturated rings. The number of aromatic nitrogens is 2. The van der Waals surface area contributed by atoms with Gasteiger partial charge in [-0.3, -0.25) is 19.3 Å². The normalized spacial score (nSPS) is 25.1. The van der Waals surface area contributed by atoms with Crippen molar-refractivity contribution in [3.8, 4) is 0 Å². The predicted molar refractivity (Wildman–Crippen MR) is 97.5 cm³/mol. The molecule has 0 N–H and O–H groups in total. The molecule has 2 atom stereocenters. The molecule has 3 aliphatic rings. The first-order chi connectivity index (χ1) is 13.1. The number of anilines is 1. The maximum atomic E-state index is 12.5. The van der Waals surface area contributed by atoms with Gasteiger partial charge in [0.15, 0.2) is 0 Å². The Labute approximate surface area is 157 Å². The van der Waals surface area contributed by atoms with Gasteiger partial charge in [0.05, 0.1) is 11.8 Å². The van der Waals surface area contributed by atoms with Crippen molar-refractivity contribution in [1.82, 2.24) is 19.8 Å². The van der Waals surface area contributed by atoms with Crippen LogP contribution >= 0.6 is 0 Å². The van der Waals surface area contributed by atoms with E-state index in [2.05, 4.69) is 14.9 Å². The molecule has 0 spiro atoms. The minimum absolute atomic E-state index is 0.0165. The zero-order valence-corrected chi connectivity index (χ0v) is 15.2. The molecular weight excluding hydrogens is 346 g/mol. The summed E-state index contributed by atoms with van der Waals surface area (Å²) in [6.07, 6.45) is 8.79. The summed E-state index contributed by atoms with van der Waals surface area (Å²) in [7, 11) is 0. The molecule has 2 saturated heterocycles. The molecule has 0 aromatic carbocycles. The van der Waals surface area contributed by atoms with Crippen LogP contribution < -0.4 is 4.90 Å². The smallest absolute Gasteiger partial charge is 0.233 e. The van der Waals surface area contributed by atoms with Crippen LogP contribution in [0, 0.1) is 11.8 Å². The summed E-state index contributed by atoms with van der Waals surface area (Å²) in [5.74, 6) is -0.0354. The maximum Gasteiger partial charge on any atom is 0.233 e. The summed E-state index contributed by atoms with van der Waals surface area (Å²) < 4.78 is 0. The first kappa shape index (κ1) is 17.6. The summed E-state index contributed by atoms with van der Waals surface area (Å²) >= 11 is 0. The zero-order chi connectivity index (χ0) is 18.8. The summed E-state index contributed by atoms with van der Waals surface area (Å²) in [4.78, 5) is 51.1. The summed E-state index contributed by atoms with van der Waals surface area (Å²) in [6, 6.07) is 1.77. The van der Waals surface area contributed by atoms with Gasteiger partial charge >= 0.3 is 0 Å². The summed E-state index contributed by atoms with van der Waals surface area (Å²) in [5.41, 5.74) is 0. The third-order valence-electron chi connectivity index (χ3n) is 5.62. The van der Waals surface area contributed by atoms with Crippen LogP contribution in [0.3, 0.4) is 0 Å². The number of carbonyl (C=O) groups is 3. The fourth-order valence-electron chi connectivity index (χ4n) is 4.07. The van der Waals surface area contributed by atoms with Gasteiger partial charge in [-0.25, -0.2) is 9.97 Å². The standard InChI is InChI=1S/C19H23N5O3/c25-16(22-10-12-23(13-11-22)19-20-7-3-8-21-19)6-9-24-17(26)14-4-1-2-5-15(14)18(24)27/h1-3,7-8,14-15H,4-6,9-13H2/t14-,15-/m0/s1. The SMILES string of the molecule is O=C(CCN1C(=O)[C@H]2CC=CC[C@@H]2C1=O)N1CCN(c2ncccn2)CC1. The average Bonchev–Trinajstić information content (AvgIpc) is 2.97. The lowest BCUT2D eigenvalue weighted by Gasteiger charge is -2.34. The molecule has 1 aromatic heterocycles. The Morgan fingerprint density at radius 2 is 1.56 bits per heavy atom. The second-order valence-corrected chi connectivity index (χ2v) is 7.15. The van der Waals surface area contributed by atoms with Gasteiger partial charge in [-0.05, 0) is 18.9 Å². The highest BCUT2D eigenvalue weighted by Gasteiger charge is 2.47. The molecule has 3 amide bonds. The molecule has 2 aliphatic heterocycles. The molecule has 8 heteroatoms. The lowest BCUT2D eigenvalue weighted by molar-refractivity contribution is -0.140. The molecule has 27 heavy (non-hydrogen) atoms. The number of rotatable bonds is 4. The van der Waals surface area contributed by atoms with Gasteiger partial charge in [-0.15, -0.1) is 0 Å². The van der Waals surface area contributed by atoms with E-state index < -0.39 is 0 Å². The largest absolute Gasteiger partial charge is 0.339 e. The Morgan fingerprint density at radius 1 is 0.963 bits per heavy atom. The van der Waals surface area contributed by atoms with E-state index in [0.29, 0.717) is 45.0 Å². The van der Waals surface area contributed by atoms with E-state index in [9.17, 15) is 14.4 Å². The second-order valence-electron chi connectivity index (χ2n) is 7.15.